The predicted molar refractivity (Wildman–Crippen MR) is 57.6 cm³/mol. The van der Waals surface area contributed by atoms with Crippen LogP contribution < -0.4 is 5.73 Å². The molecule has 2 rings (SSSR count). The third-order valence-electron chi connectivity index (χ3n) is 2.00. The van der Waals surface area contributed by atoms with Gasteiger partial charge in [-0.15, -0.1) is 0 Å². The number of aromatic amines is 1. The number of hydrogen-bond acceptors (Lipinski definition) is 2. The molecule has 15 heavy (non-hydrogen) atoms. The Labute approximate surface area is 91.1 Å². The summed E-state index contributed by atoms with van der Waals surface area (Å²) in [6, 6.07) is 5.01. The zero-order valence-corrected chi connectivity index (χ0v) is 8.45. The topological polar surface area (TPSA) is 71.8 Å². The molecule has 4 nitrogen and oxygen atoms in total. The highest BCUT2D eigenvalue weighted by Crippen LogP contribution is 2.22. The highest BCUT2D eigenvalue weighted by molar-refractivity contribution is 6.33. The van der Waals surface area contributed by atoms with Gasteiger partial charge in [-0.25, -0.2) is 4.98 Å². The number of primary amides is 1. The third kappa shape index (κ3) is 1.85. The summed E-state index contributed by atoms with van der Waals surface area (Å²) in [6.45, 7) is 0. The molecule has 0 unspecified atom stereocenters. The van der Waals surface area contributed by atoms with Crippen LogP contribution in [0.3, 0.4) is 0 Å². The lowest BCUT2D eigenvalue weighted by molar-refractivity contribution is 0.100. The molecule has 1 amide bonds. The van der Waals surface area contributed by atoms with Gasteiger partial charge in [0.1, 0.15) is 5.82 Å². The van der Waals surface area contributed by atoms with Gasteiger partial charge in [0.25, 0.3) is 0 Å². The number of imidazole rings is 1. The summed E-state index contributed by atoms with van der Waals surface area (Å²) in [5.41, 5.74) is 6.26. The van der Waals surface area contributed by atoms with Crippen molar-refractivity contribution in [2.24, 2.45) is 5.73 Å². The fraction of sp³-hybridized carbons (Fsp3) is 0. The van der Waals surface area contributed by atoms with Crippen LogP contribution in [-0.4, -0.2) is 15.9 Å². The van der Waals surface area contributed by atoms with Crippen LogP contribution >= 0.6 is 11.6 Å². The van der Waals surface area contributed by atoms with Gasteiger partial charge in [-0.2, -0.15) is 0 Å². The zero-order chi connectivity index (χ0) is 10.8. The van der Waals surface area contributed by atoms with E-state index >= 15 is 0 Å². The van der Waals surface area contributed by atoms with E-state index in [9.17, 15) is 4.79 Å². The van der Waals surface area contributed by atoms with Crippen molar-refractivity contribution in [2.45, 2.75) is 0 Å². The molecule has 0 saturated heterocycles. The van der Waals surface area contributed by atoms with E-state index in [2.05, 4.69) is 9.97 Å². The fourth-order valence-electron chi connectivity index (χ4n) is 1.28. The smallest absolute Gasteiger partial charge is 0.250 e. The minimum atomic E-state index is -0.548. The van der Waals surface area contributed by atoms with Crippen LogP contribution in [0.5, 0.6) is 0 Å². The number of benzene rings is 1. The summed E-state index contributed by atoms with van der Waals surface area (Å²) in [5.74, 6) is 0.127. The van der Waals surface area contributed by atoms with Gasteiger partial charge in [0.05, 0.1) is 10.6 Å². The van der Waals surface area contributed by atoms with Crippen molar-refractivity contribution in [1.29, 1.82) is 0 Å². The second kappa shape index (κ2) is 3.74. The lowest BCUT2D eigenvalue weighted by Gasteiger charge is -2.02. The number of hydrogen-bond donors (Lipinski definition) is 2. The summed E-state index contributed by atoms with van der Waals surface area (Å²) < 4.78 is 0. The quantitative estimate of drug-likeness (QED) is 0.812. The number of aromatic nitrogens is 2. The Balaban J connectivity index is 2.52. The molecule has 0 saturated carbocycles. The molecule has 0 fully saturated rings. The molecule has 1 heterocycles. The monoisotopic (exact) mass is 221 g/mol. The molecule has 0 bridgehead atoms. The van der Waals surface area contributed by atoms with E-state index < -0.39 is 5.91 Å². The predicted octanol–water partition coefficient (Wildman–Crippen LogP) is 1.83. The molecule has 0 atom stereocenters. The number of rotatable bonds is 2. The number of amides is 1. The number of halogens is 1. The minimum absolute atomic E-state index is 0.297. The van der Waals surface area contributed by atoms with E-state index in [1.807, 2.05) is 0 Å². The maximum Gasteiger partial charge on any atom is 0.250 e. The first kappa shape index (κ1) is 9.73. The number of nitrogens with zero attached hydrogens (tertiary/aromatic N) is 1. The number of H-pyrrole nitrogens is 1. The Morgan fingerprint density at radius 3 is 2.87 bits per heavy atom. The van der Waals surface area contributed by atoms with Gasteiger partial charge in [-0.05, 0) is 18.2 Å². The molecule has 2 aromatic rings. The third-order valence-corrected chi connectivity index (χ3v) is 2.33. The van der Waals surface area contributed by atoms with Crippen LogP contribution in [0.4, 0.5) is 0 Å². The maximum atomic E-state index is 11.1. The second-order valence-electron chi connectivity index (χ2n) is 3.00. The second-order valence-corrected chi connectivity index (χ2v) is 3.40. The molecule has 0 aliphatic rings. The lowest BCUT2D eigenvalue weighted by Crippen LogP contribution is -2.11. The van der Waals surface area contributed by atoms with E-state index in [0.717, 1.165) is 5.56 Å². The summed E-state index contributed by atoms with van der Waals surface area (Å²) in [4.78, 5) is 18.0. The summed E-state index contributed by atoms with van der Waals surface area (Å²) in [5, 5.41) is 0.345. The van der Waals surface area contributed by atoms with E-state index in [1.54, 1.807) is 30.6 Å². The minimum Gasteiger partial charge on any atom is -0.366 e. The van der Waals surface area contributed by atoms with Crippen LogP contribution in [-0.2, 0) is 0 Å². The standard InChI is InChI=1S/C10H8ClN3O/c11-8-2-1-6(5-7(8)9(12)15)10-13-3-4-14-10/h1-5H,(H2,12,15)(H,13,14). The summed E-state index contributed by atoms with van der Waals surface area (Å²) in [7, 11) is 0. The Kier molecular flexibility index (Phi) is 2.43. The highest BCUT2D eigenvalue weighted by Gasteiger charge is 2.09. The number of carbonyl (C=O) groups is 1. The van der Waals surface area contributed by atoms with Gasteiger partial charge in [-0.1, -0.05) is 11.6 Å². The van der Waals surface area contributed by atoms with Gasteiger partial charge in [-0.3, -0.25) is 4.79 Å². The largest absolute Gasteiger partial charge is 0.366 e. The fourth-order valence-corrected chi connectivity index (χ4v) is 1.50. The molecule has 1 aromatic carbocycles. The molecule has 0 aliphatic carbocycles. The SMILES string of the molecule is NC(=O)c1cc(-c2ncc[nH]2)ccc1Cl. The molecular formula is C10H8ClN3O. The molecule has 0 aliphatic heterocycles. The van der Waals surface area contributed by atoms with Gasteiger partial charge >= 0.3 is 0 Å². The van der Waals surface area contributed by atoms with Crippen LogP contribution in [0.1, 0.15) is 10.4 Å². The molecule has 1 aromatic heterocycles. The Hall–Kier alpha value is -1.81. The van der Waals surface area contributed by atoms with Gasteiger partial charge in [0.15, 0.2) is 0 Å². The van der Waals surface area contributed by atoms with Crippen LogP contribution in [0, 0.1) is 0 Å². The number of nitrogens with two attached hydrogens (primary N) is 1. The van der Waals surface area contributed by atoms with Crippen molar-refractivity contribution in [3.63, 3.8) is 0 Å². The first-order valence-corrected chi connectivity index (χ1v) is 4.65. The van der Waals surface area contributed by atoms with Crippen molar-refractivity contribution in [3.05, 3.63) is 41.2 Å². The van der Waals surface area contributed by atoms with Crippen molar-refractivity contribution in [3.8, 4) is 11.4 Å². The highest BCUT2D eigenvalue weighted by atomic mass is 35.5. The van der Waals surface area contributed by atoms with E-state index in [0.29, 0.717) is 16.4 Å². The molecule has 0 spiro atoms. The molecule has 3 N–H and O–H groups in total. The number of nitrogens with one attached hydrogen (secondary N) is 1. The lowest BCUT2D eigenvalue weighted by atomic mass is 10.1. The van der Waals surface area contributed by atoms with Crippen LogP contribution in [0.15, 0.2) is 30.6 Å². The van der Waals surface area contributed by atoms with E-state index in [1.165, 1.54) is 0 Å². The van der Waals surface area contributed by atoms with Gasteiger partial charge < -0.3 is 10.7 Å². The summed E-state index contributed by atoms with van der Waals surface area (Å²) >= 11 is 5.82. The average molecular weight is 222 g/mol. The van der Waals surface area contributed by atoms with Crippen molar-refractivity contribution < 1.29 is 4.79 Å². The Morgan fingerprint density at radius 2 is 2.27 bits per heavy atom. The van der Waals surface area contributed by atoms with E-state index in [-0.39, 0.29) is 0 Å². The van der Waals surface area contributed by atoms with Gasteiger partial charge in [0, 0.05) is 18.0 Å². The van der Waals surface area contributed by atoms with E-state index in [4.69, 9.17) is 17.3 Å². The first-order valence-electron chi connectivity index (χ1n) is 4.27. The van der Waals surface area contributed by atoms with Crippen molar-refractivity contribution in [2.75, 3.05) is 0 Å². The summed E-state index contributed by atoms with van der Waals surface area (Å²) in [6.07, 6.45) is 3.34. The zero-order valence-electron chi connectivity index (χ0n) is 7.70. The first-order chi connectivity index (χ1) is 7.18. The molecule has 5 heteroatoms. The number of carbonyl (C=O) groups excluding carboxylic acids is 1. The molecule has 0 radical (unpaired) electrons. The average Bonchev–Trinajstić information content (AvgIpc) is 2.71. The Bertz CT molecular complexity index is 493. The Morgan fingerprint density at radius 1 is 1.47 bits per heavy atom. The van der Waals surface area contributed by atoms with Crippen LogP contribution in [0.25, 0.3) is 11.4 Å². The molecular weight excluding hydrogens is 214 g/mol. The van der Waals surface area contributed by atoms with Crippen LogP contribution in [0.2, 0.25) is 5.02 Å². The van der Waals surface area contributed by atoms with Crippen molar-refractivity contribution in [1.82, 2.24) is 9.97 Å². The maximum absolute atomic E-state index is 11.1. The van der Waals surface area contributed by atoms with Crippen molar-refractivity contribution >= 4 is 17.5 Å². The van der Waals surface area contributed by atoms with Gasteiger partial charge in [0.2, 0.25) is 5.91 Å². The normalized spacial score (nSPS) is 10.2. The molecule has 76 valence electrons.